The van der Waals surface area contributed by atoms with Gasteiger partial charge in [-0.1, -0.05) is 62.0 Å². The lowest BCUT2D eigenvalue weighted by atomic mass is 10.1. The molecule has 0 aliphatic carbocycles. The van der Waals surface area contributed by atoms with Crippen LogP contribution in [-0.2, 0) is 25.9 Å². The largest absolute Gasteiger partial charge is 0.457 e. The summed E-state index contributed by atoms with van der Waals surface area (Å²) >= 11 is 0. The highest BCUT2D eigenvalue weighted by molar-refractivity contribution is 5.96. The molecule has 2 aliphatic rings. The summed E-state index contributed by atoms with van der Waals surface area (Å²) in [7, 11) is 0. The van der Waals surface area contributed by atoms with Crippen LogP contribution in [0.3, 0.4) is 0 Å². The number of nitrogens with zero attached hydrogens (tertiary/aromatic N) is 7. The van der Waals surface area contributed by atoms with Gasteiger partial charge in [-0.2, -0.15) is 0 Å². The second-order valence-electron chi connectivity index (χ2n) is 15.0. The average molecular weight is 835 g/mol. The number of rotatable bonds is 7. The van der Waals surface area contributed by atoms with Crippen LogP contribution in [0.5, 0.6) is 23.0 Å². The van der Waals surface area contributed by atoms with Crippen LogP contribution in [0.15, 0.2) is 152 Å². The quantitative estimate of drug-likeness (QED) is 0.141. The molecule has 0 bridgehead atoms. The lowest BCUT2D eigenvalue weighted by Gasteiger charge is -2.28. The molecule has 314 valence electrons. The Bertz CT molecular complexity index is 3030. The van der Waals surface area contributed by atoms with Gasteiger partial charge in [0.1, 0.15) is 46.7 Å². The number of nitrogens with two attached hydrogens (primary N) is 2. The van der Waals surface area contributed by atoms with E-state index < -0.39 is 0 Å². The number of carbonyl (C=O) groups excluding carboxylic acids is 1. The van der Waals surface area contributed by atoms with E-state index >= 15 is 0 Å². The van der Waals surface area contributed by atoms with Gasteiger partial charge in [-0.05, 0) is 84.9 Å². The third-order valence-electron chi connectivity index (χ3n) is 11.2. The van der Waals surface area contributed by atoms with E-state index in [2.05, 4.69) is 34.4 Å². The molecule has 11 rings (SSSR count). The first-order chi connectivity index (χ1) is 30.5. The van der Waals surface area contributed by atoms with E-state index in [4.69, 9.17) is 20.9 Å². The maximum Gasteiger partial charge on any atom is 0.254 e. The minimum Gasteiger partial charge on any atom is -0.457 e. The number of benzene rings is 5. The molecule has 0 saturated heterocycles. The predicted octanol–water partition coefficient (Wildman–Crippen LogP) is 9.07. The molecule has 0 atom stereocenters. The lowest BCUT2D eigenvalue weighted by molar-refractivity contribution is 0.0734. The molecule has 1 amide bonds. The van der Waals surface area contributed by atoms with E-state index in [0.717, 1.165) is 87.2 Å². The van der Waals surface area contributed by atoms with Crippen molar-refractivity contribution in [2.45, 2.75) is 33.4 Å². The Balaban J connectivity index is 0.000000163. The summed E-state index contributed by atoms with van der Waals surface area (Å²) < 4.78 is 16.2. The van der Waals surface area contributed by atoms with Crippen LogP contribution in [0, 0.1) is 0 Å². The zero-order valence-corrected chi connectivity index (χ0v) is 33.7. The van der Waals surface area contributed by atoms with Gasteiger partial charge in [0.2, 0.25) is 0 Å². The van der Waals surface area contributed by atoms with E-state index in [9.17, 15) is 4.79 Å². The molecule has 0 fully saturated rings. The molecule has 0 unspecified atom stereocenters. The molecule has 4 aromatic heterocycles. The van der Waals surface area contributed by atoms with Gasteiger partial charge >= 0.3 is 0 Å². The zero-order valence-electron chi connectivity index (χ0n) is 33.7. The Morgan fingerprint density at radius 3 is 1.54 bits per heavy atom. The van der Waals surface area contributed by atoms with Crippen molar-refractivity contribution in [3.8, 4) is 34.4 Å². The van der Waals surface area contributed by atoms with Gasteiger partial charge in [-0.25, -0.2) is 19.9 Å². The van der Waals surface area contributed by atoms with Crippen LogP contribution in [0.2, 0.25) is 0 Å². The second-order valence-corrected chi connectivity index (χ2v) is 15.0. The number of nitrogen functional groups attached to an aromatic ring is 2. The summed E-state index contributed by atoms with van der Waals surface area (Å²) in [6, 6.07) is 44.7. The van der Waals surface area contributed by atoms with Crippen LogP contribution in [-0.4, -0.2) is 53.0 Å². The van der Waals surface area contributed by atoms with E-state index in [1.54, 1.807) is 0 Å². The minimum atomic E-state index is 0. The van der Waals surface area contributed by atoms with Crippen LogP contribution < -0.4 is 26.3 Å². The number of carbonyl (C=O) groups is 1. The maximum atomic E-state index is 13.1. The number of hydrogen-bond acceptors (Lipinski definition) is 10. The number of hydrogen-bond donors (Lipinski definition) is 3. The first-order valence-corrected chi connectivity index (χ1v) is 20.5. The monoisotopic (exact) mass is 834 g/mol. The number of amides is 1. The molecule has 2 aliphatic heterocycles. The Labute approximate surface area is 364 Å². The van der Waals surface area contributed by atoms with Crippen molar-refractivity contribution < 1.29 is 14.3 Å². The molecule has 0 spiro atoms. The zero-order chi connectivity index (χ0) is 42.0. The highest BCUT2D eigenvalue weighted by Gasteiger charge is 2.30. The first-order valence-electron chi connectivity index (χ1n) is 20.5. The standard InChI is InChI=1S/C28H23N5O2.C21H19N5O.CH4/c29-27-26-25(30-18-31-27)23-17-32(28(34)19-7-3-1-4-8-19)16-15-24(23)33(26)20-11-13-22(14-12-20)35-21-9-5-2-6-10-21;22-21-20-19(24-13-25-21)17-12-23-11-10-18(17)26(20)14-6-8-16(9-7-14)27-15-4-2-1-3-5-15;/h1-14,18H,15-17H2,(H2,29,30,31);1-9,13,23H,10-12H2,(H2,22,24,25);1H4. The fourth-order valence-electron chi connectivity index (χ4n) is 8.37. The first kappa shape index (κ1) is 40.4. The van der Waals surface area contributed by atoms with Crippen molar-refractivity contribution in [2.24, 2.45) is 0 Å². The summed E-state index contributed by atoms with van der Waals surface area (Å²) in [5.41, 5.74) is 23.1. The fourth-order valence-corrected chi connectivity index (χ4v) is 8.37. The van der Waals surface area contributed by atoms with Crippen molar-refractivity contribution in [1.29, 1.82) is 0 Å². The lowest BCUT2D eigenvalue weighted by Crippen LogP contribution is -2.36. The molecule has 63 heavy (non-hydrogen) atoms. The fraction of sp³-hybridized carbons (Fsp3) is 0.140. The van der Waals surface area contributed by atoms with E-state index in [1.807, 2.05) is 144 Å². The van der Waals surface area contributed by atoms with Crippen molar-refractivity contribution in [3.05, 3.63) is 180 Å². The van der Waals surface area contributed by atoms with Gasteiger partial charge in [-0.3, -0.25) is 4.79 Å². The molecule has 9 aromatic rings. The van der Waals surface area contributed by atoms with Crippen LogP contribution in [0.4, 0.5) is 11.6 Å². The number of ether oxygens (including phenoxy) is 2. The van der Waals surface area contributed by atoms with Crippen molar-refractivity contribution >= 4 is 39.6 Å². The van der Waals surface area contributed by atoms with E-state index in [-0.39, 0.29) is 13.3 Å². The molecule has 6 heterocycles. The van der Waals surface area contributed by atoms with Crippen LogP contribution >= 0.6 is 0 Å². The van der Waals surface area contributed by atoms with Crippen molar-refractivity contribution in [2.75, 3.05) is 24.6 Å². The summed E-state index contributed by atoms with van der Waals surface area (Å²) in [6.07, 6.45) is 4.63. The molecular formula is C50H46N10O3. The van der Waals surface area contributed by atoms with Crippen LogP contribution in [0.1, 0.15) is 40.3 Å². The summed E-state index contributed by atoms with van der Waals surface area (Å²) in [5.74, 6) is 4.06. The van der Waals surface area contributed by atoms with Crippen molar-refractivity contribution in [1.82, 2.24) is 39.3 Å². The predicted molar refractivity (Wildman–Crippen MR) is 247 cm³/mol. The van der Waals surface area contributed by atoms with Gasteiger partial charge in [0.25, 0.3) is 5.91 Å². The van der Waals surface area contributed by atoms with Gasteiger partial charge in [0.05, 0.1) is 11.0 Å². The third kappa shape index (κ3) is 7.88. The van der Waals surface area contributed by atoms with Crippen LogP contribution in [0.25, 0.3) is 33.4 Å². The normalized spacial score (nSPS) is 13.0. The Hall–Kier alpha value is -8.03. The molecule has 5 N–H and O–H groups in total. The molecule has 5 aromatic carbocycles. The molecular weight excluding hydrogens is 789 g/mol. The Morgan fingerprint density at radius 2 is 1.02 bits per heavy atom. The Kier molecular flexibility index (Phi) is 11.2. The number of nitrogens with one attached hydrogen (secondary N) is 1. The van der Waals surface area contributed by atoms with Gasteiger partial charge in [0, 0.05) is 78.5 Å². The van der Waals surface area contributed by atoms with Gasteiger partial charge < -0.3 is 40.3 Å². The number of aromatic nitrogens is 6. The highest BCUT2D eigenvalue weighted by atomic mass is 16.5. The molecule has 0 radical (unpaired) electrons. The van der Waals surface area contributed by atoms with Crippen molar-refractivity contribution in [3.63, 3.8) is 0 Å². The van der Waals surface area contributed by atoms with Gasteiger partial charge in [0.15, 0.2) is 11.6 Å². The maximum absolute atomic E-state index is 13.1. The van der Waals surface area contributed by atoms with E-state index in [1.165, 1.54) is 23.9 Å². The number of anilines is 2. The minimum absolute atomic E-state index is 0. The molecule has 0 saturated carbocycles. The number of para-hydroxylation sites is 2. The SMILES string of the molecule is C.Nc1ncnc2c3c(n(-c4ccc(Oc5ccccc5)cc4)c12)CCN(C(=O)c1ccccc1)C3.Nc1ncnc2c3c(n(-c4ccc(Oc5ccccc5)cc4)c12)CCNC3. The van der Waals surface area contributed by atoms with Gasteiger partial charge in [-0.15, -0.1) is 0 Å². The average Bonchev–Trinajstić information content (AvgIpc) is 3.85. The summed E-state index contributed by atoms with van der Waals surface area (Å²) in [6.45, 7) is 2.81. The third-order valence-corrected chi connectivity index (χ3v) is 11.2. The highest BCUT2D eigenvalue weighted by Crippen LogP contribution is 2.36. The van der Waals surface area contributed by atoms with E-state index in [0.29, 0.717) is 36.7 Å². The topological polar surface area (TPSA) is 164 Å². The smallest absolute Gasteiger partial charge is 0.254 e. The molecule has 13 nitrogen and oxygen atoms in total. The summed E-state index contributed by atoms with van der Waals surface area (Å²) in [5, 5.41) is 3.42. The molecule has 13 heteroatoms. The second kappa shape index (κ2) is 17.5. The summed E-state index contributed by atoms with van der Waals surface area (Å²) in [4.78, 5) is 32.5. The Morgan fingerprint density at radius 1 is 0.556 bits per heavy atom. The number of fused-ring (bicyclic) bond motifs is 6.